The summed E-state index contributed by atoms with van der Waals surface area (Å²) in [5.41, 5.74) is 2.79. The molecule has 0 fully saturated rings. The second-order valence-electron chi connectivity index (χ2n) is 5.68. The maximum Gasteiger partial charge on any atom is 0.130 e. The van der Waals surface area contributed by atoms with Gasteiger partial charge in [0, 0.05) is 6.42 Å². The van der Waals surface area contributed by atoms with Crippen molar-refractivity contribution in [2.75, 3.05) is 0 Å². The minimum absolute atomic E-state index is 0.197. The largest absolute Gasteiger partial charge is 0.300 e. The molecule has 1 aromatic rings. The van der Waals surface area contributed by atoms with Crippen LogP contribution in [0, 0.1) is 0 Å². The highest BCUT2D eigenvalue weighted by Crippen LogP contribution is 2.25. The quantitative estimate of drug-likeness (QED) is 0.747. The molecule has 0 N–H and O–H groups in total. The number of rotatable bonds is 3. The van der Waals surface area contributed by atoms with Gasteiger partial charge in [0.1, 0.15) is 5.78 Å². The summed E-state index contributed by atoms with van der Waals surface area (Å²) in [4.78, 5) is 11.1. The van der Waals surface area contributed by atoms with Crippen molar-refractivity contribution < 1.29 is 4.79 Å². The number of carbonyl (C=O) groups excluding carboxylic acids is 1. The first kappa shape index (κ1) is 13.0. The second-order valence-corrected chi connectivity index (χ2v) is 5.68. The Kier molecular flexibility index (Phi) is 3.90. The Morgan fingerprint density at radius 3 is 2.06 bits per heavy atom. The molecule has 1 atom stereocenters. The van der Waals surface area contributed by atoms with Crippen LogP contribution in [0.2, 0.25) is 0 Å². The maximum atomic E-state index is 11.1. The number of carbonyl (C=O) groups is 1. The minimum atomic E-state index is 0.197. The van der Waals surface area contributed by atoms with E-state index in [0.717, 1.165) is 0 Å². The van der Waals surface area contributed by atoms with Gasteiger partial charge in [-0.15, -0.1) is 0 Å². The van der Waals surface area contributed by atoms with Gasteiger partial charge in [-0.2, -0.15) is 0 Å². The van der Waals surface area contributed by atoms with Crippen LogP contribution in [0.15, 0.2) is 24.3 Å². The van der Waals surface area contributed by atoms with Gasteiger partial charge < -0.3 is 4.79 Å². The van der Waals surface area contributed by atoms with Crippen LogP contribution >= 0.6 is 0 Å². The Bertz CT molecular complexity index is 354. The van der Waals surface area contributed by atoms with E-state index in [-0.39, 0.29) is 11.2 Å². The summed E-state index contributed by atoms with van der Waals surface area (Å²) in [5.74, 6) is 0.582. The lowest BCUT2D eigenvalue weighted by Gasteiger charge is -2.20. The molecule has 0 aliphatic rings. The van der Waals surface area contributed by atoms with Gasteiger partial charge in [-0.3, -0.25) is 0 Å². The zero-order valence-electron chi connectivity index (χ0n) is 11.0. The molecule has 88 valence electrons. The molecule has 0 aliphatic heterocycles. The van der Waals surface area contributed by atoms with Crippen LogP contribution < -0.4 is 0 Å². The fraction of sp³-hybridized carbons (Fsp3) is 0.533. The molecule has 16 heavy (non-hydrogen) atoms. The van der Waals surface area contributed by atoms with E-state index >= 15 is 0 Å². The van der Waals surface area contributed by atoms with Gasteiger partial charge in [0.15, 0.2) is 0 Å². The third-order valence-corrected chi connectivity index (χ3v) is 2.94. The first-order chi connectivity index (χ1) is 7.30. The highest BCUT2D eigenvalue weighted by molar-refractivity contribution is 5.76. The molecule has 0 amide bonds. The van der Waals surface area contributed by atoms with Gasteiger partial charge in [-0.25, -0.2) is 0 Å². The van der Waals surface area contributed by atoms with Crippen molar-refractivity contribution in [1.29, 1.82) is 0 Å². The minimum Gasteiger partial charge on any atom is -0.300 e. The molecule has 0 radical (unpaired) electrons. The summed E-state index contributed by atoms with van der Waals surface area (Å²) >= 11 is 0. The monoisotopic (exact) mass is 218 g/mol. The summed E-state index contributed by atoms with van der Waals surface area (Å²) in [6.45, 7) is 10.4. The van der Waals surface area contributed by atoms with E-state index in [2.05, 4.69) is 52.0 Å². The molecule has 0 bridgehead atoms. The Labute approximate surface area is 98.9 Å². The van der Waals surface area contributed by atoms with Crippen LogP contribution in [-0.2, 0) is 10.2 Å². The SMILES string of the molecule is CC(=O)CC(C)c1ccc(C(C)(C)C)cc1. The number of hydrogen-bond acceptors (Lipinski definition) is 1. The topological polar surface area (TPSA) is 17.1 Å². The lowest BCUT2D eigenvalue weighted by atomic mass is 9.85. The van der Waals surface area contributed by atoms with Gasteiger partial charge in [-0.05, 0) is 29.4 Å². The van der Waals surface area contributed by atoms with Crippen LogP contribution in [0.5, 0.6) is 0 Å². The van der Waals surface area contributed by atoms with E-state index in [1.165, 1.54) is 11.1 Å². The second kappa shape index (κ2) is 4.82. The third kappa shape index (κ3) is 3.48. The molecule has 0 aromatic heterocycles. The first-order valence-corrected chi connectivity index (χ1v) is 5.90. The third-order valence-electron chi connectivity index (χ3n) is 2.94. The van der Waals surface area contributed by atoms with Crippen molar-refractivity contribution >= 4 is 5.78 Å². The number of hydrogen-bond donors (Lipinski definition) is 0. The van der Waals surface area contributed by atoms with Crippen LogP contribution in [0.1, 0.15) is 58.1 Å². The summed E-state index contributed by atoms with van der Waals surface area (Å²) in [5, 5.41) is 0. The van der Waals surface area contributed by atoms with E-state index in [1.54, 1.807) is 6.92 Å². The standard InChI is InChI=1S/C15H22O/c1-11(10-12(2)16)13-6-8-14(9-7-13)15(3,4)5/h6-9,11H,10H2,1-5H3. The van der Waals surface area contributed by atoms with Gasteiger partial charge in [0.05, 0.1) is 0 Å². The highest BCUT2D eigenvalue weighted by Gasteiger charge is 2.14. The van der Waals surface area contributed by atoms with Gasteiger partial charge in [0.25, 0.3) is 0 Å². The summed E-state index contributed by atoms with van der Waals surface area (Å²) in [6.07, 6.45) is 0.634. The van der Waals surface area contributed by atoms with E-state index in [9.17, 15) is 4.79 Å². The zero-order valence-corrected chi connectivity index (χ0v) is 11.0. The maximum absolute atomic E-state index is 11.1. The van der Waals surface area contributed by atoms with E-state index in [4.69, 9.17) is 0 Å². The van der Waals surface area contributed by atoms with Crippen molar-refractivity contribution in [2.45, 2.75) is 52.4 Å². The summed E-state index contributed by atoms with van der Waals surface area (Å²) in [6, 6.07) is 8.64. The summed E-state index contributed by atoms with van der Waals surface area (Å²) < 4.78 is 0. The average molecular weight is 218 g/mol. The van der Waals surface area contributed by atoms with E-state index in [0.29, 0.717) is 12.3 Å². The molecular weight excluding hydrogens is 196 g/mol. The predicted molar refractivity (Wildman–Crippen MR) is 68.9 cm³/mol. The Morgan fingerprint density at radius 1 is 1.19 bits per heavy atom. The Balaban J connectivity index is 2.83. The Hall–Kier alpha value is -1.11. The van der Waals surface area contributed by atoms with E-state index < -0.39 is 0 Å². The van der Waals surface area contributed by atoms with Gasteiger partial charge in [0.2, 0.25) is 0 Å². The molecule has 0 aliphatic carbocycles. The smallest absolute Gasteiger partial charge is 0.130 e. The molecule has 1 heteroatoms. The molecule has 0 saturated heterocycles. The fourth-order valence-electron chi connectivity index (χ4n) is 1.86. The van der Waals surface area contributed by atoms with Crippen LogP contribution in [0.4, 0.5) is 0 Å². The molecule has 1 aromatic carbocycles. The fourth-order valence-corrected chi connectivity index (χ4v) is 1.86. The lowest BCUT2D eigenvalue weighted by Crippen LogP contribution is -2.11. The van der Waals surface area contributed by atoms with Crippen molar-refractivity contribution in [3.8, 4) is 0 Å². The number of ketones is 1. The van der Waals surface area contributed by atoms with Crippen molar-refractivity contribution in [3.63, 3.8) is 0 Å². The molecule has 1 unspecified atom stereocenters. The van der Waals surface area contributed by atoms with Crippen molar-refractivity contribution in [3.05, 3.63) is 35.4 Å². The lowest BCUT2D eigenvalue weighted by molar-refractivity contribution is -0.117. The van der Waals surface area contributed by atoms with Crippen LogP contribution in [-0.4, -0.2) is 5.78 Å². The zero-order chi connectivity index (χ0) is 12.3. The number of Topliss-reactive ketones (excluding diaryl/α,β-unsaturated/α-hetero) is 1. The van der Waals surface area contributed by atoms with E-state index in [1.807, 2.05) is 0 Å². The molecule has 0 spiro atoms. The first-order valence-electron chi connectivity index (χ1n) is 5.90. The molecule has 1 nitrogen and oxygen atoms in total. The Morgan fingerprint density at radius 2 is 1.69 bits per heavy atom. The molecule has 1 rings (SSSR count). The average Bonchev–Trinajstić information content (AvgIpc) is 2.15. The predicted octanol–water partition coefficient (Wildman–Crippen LogP) is 4.07. The summed E-state index contributed by atoms with van der Waals surface area (Å²) in [7, 11) is 0. The highest BCUT2D eigenvalue weighted by atomic mass is 16.1. The van der Waals surface area contributed by atoms with Gasteiger partial charge >= 0.3 is 0 Å². The van der Waals surface area contributed by atoms with Gasteiger partial charge in [-0.1, -0.05) is 52.0 Å². The molecular formula is C15H22O. The molecule has 0 heterocycles. The van der Waals surface area contributed by atoms with Crippen molar-refractivity contribution in [1.82, 2.24) is 0 Å². The van der Waals surface area contributed by atoms with Crippen LogP contribution in [0.25, 0.3) is 0 Å². The molecule has 0 saturated carbocycles. The van der Waals surface area contributed by atoms with Crippen LogP contribution in [0.3, 0.4) is 0 Å². The normalized spacial score (nSPS) is 13.6. The number of benzene rings is 1. The van der Waals surface area contributed by atoms with Crippen molar-refractivity contribution in [2.24, 2.45) is 0 Å².